The van der Waals surface area contributed by atoms with Crippen LogP contribution in [0.4, 0.5) is 0 Å². The van der Waals surface area contributed by atoms with Gasteiger partial charge in [0.05, 0.1) is 13.7 Å². The molecule has 7 aromatic rings. The van der Waals surface area contributed by atoms with Crippen LogP contribution in [0.3, 0.4) is 0 Å². The van der Waals surface area contributed by atoms with Crippen molar-refractivity contribution in [1.29, 1.82) is 0 Å². The molecule has 0 unspecified atom stereocenters. The van der Waals surface area contributed by atoms with Crippen LogP contribution in [-0.2, 0) is 31.9 Å². The van der Waals surface area contributed by atoms with E-state index >= 15 is 0 Å². The summed E-state index contributed by atoms with van der Waals surface area (Å²) in [5, 5.41) is 3.80. The Morgan fingerprint density at radius 1 is 0.768 bits per heavy atom. The molecule has 2 fully saturated rings. The van der Waals surface area contributed by atoms with E-state index in [1.54, 1.807) is 10.8 Å². The largest absolute Gasteiger partial charge is 0.501 e. The molecule has 0 atom stereocenters. The van der Waals surface area contributed by atoms with E-state index < -0.39 is 8.07 Å². The number of furan rings is 1. The maximum absolute atomic E-state index is 6.45. The molecule has 0 bridgehead atoms. The molecule has 0 spiro atoms. The van der Waals surface area contributed by atoms with Crippen LogP contribution in [0, 0.1) is 24.0 Å². The molecule has 3 aromatic heterocycles. The summed E-state index contributed by atoms with van der Waals surface area (Å²) in [6.07, 6.45) is 16.3. The molecule has 1 radical (unpaired) electrons. The van der Waals surface area contributed by atoms with Crippen molar-refractivity contribution in [3.05, 3.63) is 139 Å². The van der Waals surface area contributed by atoms with Crippen LogP contribution in [0.2, 0.25) is 19.6 Å². The number of hydrogen-bond acceptors (Lipinski definition) is 3. The van der Waals surface area contributed by atoms with E-state index in [1.165, 1.54) is 68.9 Å². The van der Waals surface area contributed by atoms with E-state index in [1.807, 2.05) is 36.5 Å². The molecule has 2 saturated carbocycles. The summed E-state index contributed by atoms with van der Waals surface area (Å²) in [5.41, 5.74) is 11.2. The van der Waals surface area contributed by atoms with Gasteiger partial charge in [0.25, 0.3) is 0 Å². The minimum absolute atomic E-state index is 0. The second-order valence-electron chi connectivity index (χ2n) is 17.5. The van der Waals surface area contributed by atoms with E-state index in [2.05, 4.69) is 125 Å². The standard InChI is InChI=1S/C31H28NO.C20H26NSi.Ir/c1-31(2,22-12-6-7-13-22)23-18-19-32-27(20-23)25-17-16-24(21-10-4-3-5-11-21)29-26-14-8-9-15-28(26)33-30(25)29;1-22(2,3)20-15-21-19(17-11-5-4-6-12-17)14-18(20)13-16-9-7-8-10-16;/h3-5,8-11,14-16,18-20,22H,6-7,12-13H2,1-2H3;4-6,11,14-16H,7-10,13H2,1-3H3;/q2*-1;. The Morgan fingerprint density at radius 3 is 2.21 bits per heavy atom. The maximum Gasteiger partial charge on any atom is 0.120 e. The molecule has 0 amide bonds. The van der Waals surface area contributed by atoms with E-state index in [-0.39, 0.29) is 25.5 Å². The Kier molecular flexibility index (Phi) is 12.3. The summed E-state index contributed by atoms with van der Waals surface area (Å²) in [6, 6.07) is 42.7. The molecule has 2 aliphatic rings. The minimum Gasteiger partial charge on any atom is -0.501 e. The van der Waals surface area contributed by atoms with Crippen LogP contribution >= 0.6 is 0 Å². The Labute approximate surface area is 348 Å². The molecule has 3 heterocycles. The van der Waals surface area contributed by atoms with Gasteiger partial charge in [-0.3, -0.25) is 0 Å². The molecule has 3 nitrogen and oxygen atoms in total. The molecule has 0 aliphatic heterocycles. The van der Waals surface area contributed by atoms with Gasteiger partial charge in [0.15, 0.2) is 0 Å². The zero-order chi connectivity index (χ0) is 38.0. The SMILES string of the molecule is CC(C)(c1ccnc(-c2[c-]cc(-c3ccccc3)c3c2oc2ccccc23)c1)C1CCCC1.C[Si](C)(C)c1cnc(-c2[c-]cccc2)cc1CC1CCCC1.[Ir]. The first kappa shape index (κ1) is 40.1. The van der Waals surface area contributed by atoms with Gasteiger partial charge in [-0.15, -0.1) is 48.0 Å². The van der Waals surface area contributed by atoms with E-state index in [4.69, 9.17) is 14.4 Å². The predicted octanol–water partition coefficient (Wildman–Crippen LogP) is 13.4. The zero-order valence-corrected chi connectivity index (χ0v) is 37.0. The number of benzene rings is 4. The first-order valence-electron chi connectivity index (χ1n) is 20.5. The average molecular weight is 931 g/mol. The van der Waals surface area contributed by atoms with Crippen LogP contribution in [0.1, 0.15) is 76.3 Å². The van der Waals surface area contributed by atoms with Crippen LogP contribution in [0.15, 0.2) is 120 Å². The molecule has 289 valence electrons. The number of aromatic nitrogens is 2. The summed E-state index contributed by atoms with van der Waals surface area (Å²) in [5.74, 6) is 1.61. The fourth-order valence-corrected chi connectivity index (χ4v) is 10.8. The van der Waals surface area contributed by atoms with Crippen LogP contribution in [-0.4, -0.2) is 18.0 Å². The number of pyridine rings is 2. The van der Waals surface area contributed by atoms with Gasteiger partial charge in [0.1, 0.15) is 5.58 Å². The third-order valence-electron chi connectivity index (χ3n) is 12.4. The third kappa shape index (κ3) is 8.42. The van der Waals surface area contributed by atoms with E-state index in [0.717, 1.165) is 61.9 Å². The van der Waals surface area contributed by atoms with E-state index in [0.29, 0.717) is 0 Å². The predicted molar refractivity (Wildman–Crippen MR) is 233 cm³/mol. The van der Waals surface area contributed by atoms with Gasteiger partial charge in [-0.25, -0.2) is 0 Å². The van der Waals surface area contributed by atoms with Crippen molar-refractivity contribution in [2.24, 2.45) is 11.8 Å². The Hall–Kier alpha value is -4.15. The first-order valence-corrected chi connectivity index (χ1v) is 24.0. The summed E-state index contributed by atoms with van der Waals surface area (Å²) in [7, 11) is -1.35. The fraction of sp³-hybridized carbons (Fsp3) is 0.333. The second kappa shape index (κ2) is 17.1. The molecule has 0 N–H and O–H groups in total. The van der Waals surface area contributed by atoms with Crippen molar-refractivity contribution in [1.82, 2.24) is 9.97 Å². The Bertz CT molecular complexity index is 2380. The number of nitrogens with zero attached hydrogens (tertiary/aromatic N) is 2. The molecule has 56 heavy (non-hydrogen) atoms. The van der Waals surface area contributed by atoms with Crippen molar-refractivity contribution in [3.8, 4) is 33.6 Å². The molecular formula is C51H54IrN2OSi-2. The van der Waals surface area contributed by atoms with Crippen molar-refractivity contribution in [3.63, 3.8) is 0 Å². The summed E-state index contributed by atoms with van der Waals surface area (Å²) >= 11 is 0. The van der Waals surface area contributed by atoms with Crippen LogP contribution in [0.5, 0.6) is 0 Å². The number of para-hydroxylation sites is 1. The number of hydrogen-bond donors (Lipinski definition) is 0. The topological polar surface area (TPSA) is 38.9 Å². The van der Waals surface area contributed by atoms with Gasteiger partial charge in [0, 0.05) is 37.9 Å². The van der Waals surface area contributed by atoms with Gasteiger partial charge in [0.2, 0.25) is 0 Å². The molecule has 5 heteroatoms. The van der Waals surface area contributed by atoms with Crippen molar-refractivity contribution >= 4 is 35.2 Å². The van der Waals surface area contributed by atoms with Crippen LogP contribution < -0.4 is 5.19 Å². The zero-order valence-electron chi connectivity index (χ0n) is 33.6. The monoisotopic (exact) mass is 931 g/mol. The van der Waals surface area contributed by atoms with Crippen LogP contribution in [0.25, 0.3) is 55.6 Å². The average Bonchev–Trinajstić information content (AvgIpc) is 4.01. The van der Waals surface area contributed by atoms with E-state index in [9.17, 15) is 0 Å². The molecule has 4 aromatic carbocycles. The van der Waals surface area contributed by atoms with Gasteiger partial charge in [-0.05, 0) is 76.2 Å². The quantitative estimate of drug-likeness (QED) is 0.113. The van der Waals surface area contributed by atoms with Crippen molar-refractivity contribution in [2.45, 2.75) is 96.7 Å². The van der Waals surface area contributed by atoms with Gasteiger partial charge in [-0.1, -0.05) is 155 Å². The van der Waals surface area contributed by atoms with Gasteiger partial charge in [-0.2, -0.15) is 0 Å². The molecular weight excluding hydrogens is 877 g/mol. The van der Waals surface area contributed by atoms with Crippen molar-refractivity contribution in [2.75, 3.05) is 0 Å². The fourth-order valence-electron chi connectivity index (χ4n) is 9.22. The summed E-state index contributed by atoms with van der Waals surface area (Å²) < 4.78 is 6.45. The first-order chi connectivity index (χ1) is 26.7. The van der Waals surface area contributed by atoms with Gasteiger partial charge < -0.3 is 14.4 Å². The Morgan fingerprint density at radius 2 is 1.48 bits per heavy atom. The number of rotatable bonds is 8. The molecule has 0 saturated heterocycles. The van der Waals surface area contributed by atoms with Gasteiger partial charge >= 0.3 is 0 Å². The normalized spacial score (nSPS) is 15.2. The summed E-state index contributed by atoms with van der Waals surface area (Å²) in [4.78, 5) is 9.54. The Balaban J connectivity index is 0.000000183. The molecule has 2 aliphatic carbocycles. The number of fused-ring (bicyclic) bond motifs is 3. The molecule has 9 rings (SSSR count). The minimum atomic E-state index is -1.35. The van der Waals surface area contributed by atoms with Crippen molar-refractivity contribution < 1.29 is 24.5 Å². The smallest absolute Gasteiger partial charge is 0.120 e. The third-order valence-corrected chi connectivity index (χ3v) is 14.5. The maximum atomic E-state index is 6.45. The summed E-state index contributed by atoms with van der Waals surface area (Å²) in [6.45, 7) is 12.1. The second-order valence-corrected chi connectivity index (χ2v) is 22.5.